The highest BCUT2D eigenvalue weighted by Gasteiger charge is 2.46. The van der Waals surface area contributed by atoms with E-state index in [-0.39, 0.29) is 62.6 Å². The highest BCUT2D eigenvalue weighted by atomic mass is 32.3. The molecular formula is C68H99N13O20S2. The Morgan fingerprint density at radius 1 is 0.767 bits per heavy atom. The molecule has 103 heavy (non-hydrogen) atoms. The summed E-state index contributed by atoms with van der Waals surface area (Å²) >= 11 is 1.51. The molecule has 2 aliphatic carbocycles. The number of carbonyl (C=O) groups excluding carboxylic acids is 6. The number of aliphatic hydroxyl groups is 8. The molecule has 0 bridgehead atoms. The molecule has 3 aliphatic heterocycles. The van der Waals surface area contributed by atoms with Gasteiger partial charge in [-0.25, -0.2) is 9.97 Å². The van der Waals surface area contributed by atoms with Gasteiger partial charge in [-0.2, -0.15) is 8.42 Å². The second-order valence-corrected chi connectivity index (χ2v) is 29.8. The number of phenolic OH excluding ortho intramolecular Hbond substituents is 1. The predicted octanol–water partition coefficient (Wildman–Crippen LogP) is -1.17. The molecule has 3 saturated heterocycles. The molecule has 2 saturated carbocycles. The van der Waals surface area contributed by atoms with Crippen LogP contribution in [0.4, 0.5) is 5.95 Å². The van der Waals surface area contributed by atoms with Crippen LogP contribution in [0.1, 0.15) is 121 Å². The van der Waals surface area contributed by atoms with Gasteiger partial charge in [-0.3, -0.25) is 38.2 Å². The number of amides is 6. The van der Waals surface area contributed by atoms with E-state index < -0.39 is 163 Å². The number of ether oxygens (including phenoxy) is 1. The Bertz CT molecular complexity index is 3550. The summed E-state index contributed by atoms with van der Waals surface area (Å²) in [6.45, 7) is 4.00. The lowest BCUT2D eigenvalue weighted by atomic mass is 9.82. The molecule has 6 amide bonds. The molecule has 0 radical (unpaired) electrons. The summed E-state index contributed by atoms with van der Waals surface area (Å²) in [5.74, 6) is -6.65. The lowest BCUT2D eigenvalue weighted by molar-refractivity contribution is -0.146. The minimum Gasteiger partial charge on any atom is -0.504 e. The molecule has 5 fully saturated rings. The van der Waals surface area contributed by atoms with Crippen LogP contribution in [-0.4, -0.2) is 281 Å². The molecule has 15 N–H and O–H groups in total. The maximum absolute atomic E-state index is 14.7. The third-order valence-electron chi connectivity index (χ3n) is 20.2. The first-order valence-corrected chi connectivity index (χ1v) is 37.5. The van der Waals surface area contributed by atoms with Gasteiger partial charge in [0.2, 0.25) is 41.9 Å². The first-order valence-electron chi connectivity index (χ1n) is 35.3. The molecular weight excluding hydrogens is 1380 g/mol. The number of aromatic hydroxyl groups is 1. The molecule has 4 aromatic rings. The lowest BCUT2D eigenvalue weighted by Gasteiger charge is -2.38. The van der Waals surface area contributed by atoms with Crippen molar-refractivity contribution >= 4 is 63.6 Å². The average molecular weight is 1480 g/mol. The van der Waals surface area contributed by atoms with Crippen molar-refractivity contribution in [1.82, 2.24) is 61.4 Å². The van der Waals surface area contributed by atoms with Crippen molar-refractivity contribution in [3.8, 4) is 33.2 Å². The van der Waals surface area contributed by atoms with E-state index in [1.165, 1.54) is 60.3 Å². The number of piperidine rings is 1. The number of rotatable bonds is 34. The molecule has 9 rings (SSSR count). The average Bonchev–Trinajstić information content (AvgIpc) is 1.73. The van der Waals surface area contributed by atoms with Crippen molar-refractivity contribution < 1.29 is 96.6 Å². The lowest BCUT2D eigenvalue weighted by Crippen LogP contribution is -2.63. The smallest absolute Gasteiger partial charge is 0.446 e. The molecule has 35 heteroatoms. The second-order valence-electron chi connectivity index (χ2n) is 27.8. The molecule has 568 valence electrons. The summed E-state index contributed by atoms with van der Waals surface area (Å²) in [7, 11) is -5.21. The van der Waals surface area contributed by atoms with Crippen LogP contribution in [0.15, 0.2) is 54.9 Å². The van der Waals surface area contributed by atoms with Crippen LogP contribution < -0.4 is 35.7 Å². The van der Waals surface area contributed by atoms with E-state index in [0.717, 1.165) is 82.5 Å². The van der Waals surface area contributed by atoms with Crippen LogP contribution >= 0.6 is 11.3 Å². The van der Waals surface area contributed by atoms with Crippen molar-refractivity contribution in [1.29, 1.82) is 0 Å². The van der Waals surface area contributed by atoms with Crippen molar-refractivity contribution in [3.05, 3.63) is 65.4 Å². The summed E-state index contributed by atoms with van der Waals surface area (Å²) in [5, 5.41) is 121. The number of nitrogens with one attached hydrogen (secondary N) is 5. The highest BCUT2D eigenvalue weighted by molar-refractivity contribution is 7.81. The van der Waals surface area contributed by atoms with Crippen LogP contribution in [0.3, 0.4) is 0 Å². The number of anilines is 1. The Kier molecular flexibility index (Phi) is 28.8. The molecule has 5 aliphatic rings. The summed E-state index contributed by atoms with van der Waals surface area (Å²) in [5.41, 5.74) is 2.68. The van der Waals surface area contributed by atoms with Gasteiger partial charge in [0.25, 0.3) is 0 Å². The van der Waals surface area contributed by atoms with Crippen LogP contribution in [0.2, 0.25) is 0 Å². The van der Waals surface area contributed by atoms with Crippen molar-refractivity contribution in [2.24, 2.45) is 11.8 Å². The van der Waals surface area contributed by atoms with E-state index in [1.54, 1.807) is 6.92 Å². The van der Waals surface area contributed by atoms with Gasteiger partial charge in [-0.1, -0.05) is 67.9 Å². The molecule has 0 spiro atoms. The minimum absolute atomic E-state index is 0.00857. The van der Waals surface area contributed by atoms with Gasteiger partial charge >= 0.3 is 10.4 Å². The molecule has 0 unspecified atom stereocenters. The van der Waals surface area contributed by atoms with E-state index in [0.29, 0.717) is 44.1 Å². The van der Waals surface area contributed by atoms with Gasteiger partial charge in [0, 0.05) is 87.5 Å². The minimum atomic E-state index is -5.21. The van der Waals surface area contributed by atoms with E-state index in [9.17, 15) is 87.7 Å². The molecule has 2 aromatic carbocycles. The summed E-state index contributed by atoms with van der Waals surface area (Å²) in [4.78, 5) is 99.5. The number of nitrogens with zero attached hydrogens (tertiary/aromatic N) is 8. The summed E-state index contributed by atoms with van der Waals surface area (Å²) in [6, 6.07) is 1.43. The zero-order valence-corrected chi connectivity index (χ0v) is 59.6. The molecule has 2 aromatic heterocycles. The zero-order chi connectivity index (χ0) is 74.2. The van der Waals surface area contributed by atoms with Gasteiger partial charge in [-0.15, -0.1) is 10.2 Å². The van der Waals surface area contributed by atoms with Gasteiger partial charge < -0.3 is 96.2 Å². The number of aliphatic hydroxyl groups excluding tert-OH is 8. The number of hydrogen-bond acceptors (Lipinski definition) is 27. The Hall–Kier alpha value is -7.23. The first-order chi connectivity index (χ1) is 49.2. The molecule has 12 atom stereocenters. The number of carbonyl (C=O) groups is 6. The maximum Gasteiger partial charge on any atom is 0.446 e. The number of aromatic nitrogens is 4. The third kappa shape index (κ3) is 21.7. The largest absolute Gasteiger partial charge is 0.504 e. The van der Waals surface area contributed by atoms with Crippen LogP contribution in [-0.2, 0) is 50.3 Å². The quantitative estimate of drug-likeness (QED) is 0.0149. The van der Waals surface area contributed by atoms with Crippen LogP contribution in [0.25, 0.3) is 21.7 Å². The third-order valence-corrected chi connectivity index (χ3v) is 21.7. The normalized spacial score (nSPS) is 23.1. The number of β-amino-alcohol motifs (C(OH)–C–C–N with tert-alkyl or cyclic N) is 2. The van der Waals surface area contributed by atoms with E-state index in [2.05, 4.69) is 45.9 Å². The Balaban J connectivity index is 0.836. The Labute approximate surface area is 601 Å². The number of benzene rings is 2. The van der Waals surface area contributed by atoms with Gasteiger partial charge in [0.1, 0.15) is 40.4 Å². The summed E-state index contributed by atoms with van der Waals surface area (Å²) < 4.78 is 43.5. The van der Waals surface area contributed by atoms with E-state index in [1.807, 2.05) is 36.7 Å². The van der Waals surface area contributed by atoms with Gasteiger partial charge in [-0.05, 0) is 107 Å². The number of phenols is 1. The fourth-order valence-electron chi connectivity index (χ4n) is 14.1. The zero-order valence-electron chi connectivity index (χ0n) is 58.0. The topological polar surface area (TPSA) is 482 Å². The Morgan fingerprint density at radius 3 is 2.06 bits per heavy atom. The molecule has 5 heterocycles. The van der Waals surface area contributed by atoms with Gasteiger partial charge in [0.05, 0.1) is 74.6 Å². The predicted molar refractivity (Wildman–Crippen MR) is 372 cm³/mol. The standard InChI is InChI=1S/C68H99N13O20S2/c1-38-31-79(34-55(38)90)66(95)60(53(88)19-22-70-47(35-82)36-83)75-63(94)59(54(89)25-42-11-18-52(87)56(26-42)101-103(97,98)99)74-62(93)51-27-48(86)33-81(51)67(96)58(40(3)85)73-61(92)39(2)80(57(91)30-69-37-84)32-41-9-12-44(13-10-41)64-76-77-65(102-64)45-16-14-43(15-17-45)46-28-71-68(72-29-46)78-23-20-50(21-24-78)100-49-7-5-4-6-8-49/h11,14-18,26,28-29,37-41,44,47-51,53-55,57-60,70,82-83,85-91H,4-10,12-13,19-25,27,30-36H2,1-3H3,(H,69,84)(H,73,92)(H,74,93)(H,75,94)(H,97,98,99)/t38-,39-,40+,41?,44?,48+,51-,53+,54+,55+,57-,58-,59-,60-/m0/s1. The van der Waals surface area contributed by atoms with Crippen LogP contribution in [0.5, 0.6) is 11.5 Å². The molecule has 33 nitrogen and oxygen atoms in total. The van der Waals surface area contributed by atoms with Gasteiger partial charge in [0.15, 0.2) is 11.5 Å². The monoisotopic (exact) mass is 1480 g/mol. The second kappa shape index (κ2) is 37.1. The van der Waals surface area contributed by atoms with Crippen molar-refractivity contribution in [2.75, 3.05) is 70.5 Å². The fourth-order valence-corrected chi connectivity index (χ4v) is 15.5. The first kappa shape index (κ1) is 79.9. The number of hydrogen-bond donors (Lipinski definition) is 15. The highest BCUT2D eigenvalue weighted by Crippen LogP contribution is 2.40. The van der Waals surface area contributed by atoms with Crippen molar-refractivity contribution in [2.45, 2.75) is 202 Å². The van der Waals surface area contributed by atoms with Crippen LogP contribution in [0, 0.1) is 11.8 Å². The fraction of sp³-hybridized carbons (Fsp3) is 0.647. The Morgan fingerprint density at radius 2 is 1.43 bits per heavy atom. The maximum atomic E-state index is 14.7. The van der Waals surface area contributed by atoms with E-state index in [4.69, 9.17) is 14.7 Å². The SMILES string of the molecule is C[C@@H](O)[C@H](NC(=O)[C@H](C)N(CC1CCC(c2nnc(-c3ccc(-c4cnc(N5CCC(OC6CCCCC6)CC5)nc4)cc3)s2)CC1)[C@@H](O)CNC=O)C(=O)N1C[C@H](O)C[C@H]1C(=O)N[C@H](C(=O)N[C@H](C(=O)N1C[C@@H](O)[C@@H](C)C1)[C@H](O)CCNC(CO)CO)[C@H](O)Cc1ccc(O)c(OS(=O)(=O)O)c1. The van der Waals surface area contributed by atoms with E-state index >= 15 is 0 Å². The van der Waals surface area contributed by atoms with Crippen molar-refractivity contribution in [3.63, 3.8) is 0 Å². The number of likely N-dealkylation sites (tertiary alicyclic amines) is 2. The summed E-state index contributed by atoms with van der Waals surface area (Å²) in [6.07, 6.45) is 4.73.